The molecule has 2 aromatic rings. The first-order chi connectivity index (χ1) is 10.2. The van der Waals surface area contributed by atoms with E-state index in [4.69, 9.17) is 17.0 Å². The average molecular weight is 306 g/mol. The van der Waals surface area contributed by atoms with Crippen LogP contribution in [0.4, 0.5) is 0 Å². The van der Waals surface area contributed by atoms with Crippen LogP contribution in [-0.2, 0) is 13.0 Å². The summed E-state index contributed by atoms with van der Waals surface area (Å²) >= 11 is 5.23. The van der Waals surface area contributed by atoms with Crippen molar-refractivity contribution >= 4 is 12.2 Å². The van der Waals surface area contributed by atoms with Gasteiger partial charge in [0.15, 0.2) is 5.82 Å². The van der Waals surface area contributed by atoms with Gasteiger partial charge in [-0.2, -0.15) is 5.10 Å². The number of hydrogen-bond donors (Lipinski definition) is 2. The standard InChI is InChI=1S/C15H22N4OS/c1-3-5-14-17-18-15(21)19(14)16-11-12-6-8-13(9-7-12)20-10-4-2/h6-9,16H,3-5,10-11H2,1-2H3,(H,18,21). The number of hydrogen-bond acceptors (Lipinski definition) is 4. The molecule has 0 atom stereocenters. The van der Waals surface area contributed by atoms with Crippen LogP contribution < -0.4 is 10.2 Å². The van der Waals surface area contributed by atoms with Crippen molar-refractivity contribution < 1.29 is 4.74 Å². The molecule has 0 bridgehead atoms. The molecule has 0 spiro atoms. The predicted molar refractivity (Wildman–Crippen MR) is 86.7 cm³/mol. The van der Waals surface area contributed by atoms with Crippen LogP contribution in [0.3, 0.4) is 0 Å². The molecular weight excluding hydrogens is 284 g/mol. The van der Waals surface area contributed by atoms with Crippen molar-refractivity contribution in [3.63, 3.8) is 0 Å². The summed E-state index contributed by atoms with van der Waals surface area (Å²) in [4.78, 5) is 0. The van der Waals surface area contributed by atoms with Crippen LogP contribution in [0.1, 0.15) is 38.1 Å². The molecule has 114 valence electrons. The molecule has 0 amide bonds. The van der Waals surface area contributed by atoms with Crippen molar-refractivity contribution in [2.24, 2.45) is 0 Å². The number of rotatable bonds is 8. The van der Waals surface area contributed by atoms with Gasteiger partial charge in [0.05, 0.1) is 13.2 Å². The maximum atomic E-state index is 5.57. The third kappa shape index (κ3) is 4.32. The number of nitrogens with zero attached hydrogens (tertiary/aromatic N) is 2. The van der Waals surface area contributed by atoms with E-state index in [0.717, 1.165) is 37.4 Å². The second-order valence-corrected chi connectivity index (χ2v) is 5.24. The van der Waals surface area contributed by atoms with E-state index in [-0.39, 0.29) is 0 Å². The first-order valence-electron chi connectivity index (χ1n) is 7.36. The summed E-state index contributed by atoms with van der Waals surface area (Å²) in [5.41, 5.74) is 4.47. The second kappa shape index (κ2) is 7.83. The zero-order valence-electron chi connectivity index (χ0n) is 12.6. The van der Waals surface area contributed by atoms with E-state index in [1.807, 2.05) is 16.8 Å². The largest absolute Gasteiger partial charge is 0.494 e. The quantitative estimate of drug-likeness (QED) is 0.734. The van der Waals surface area contributed by atoms with Crippen LogP contribution in [0.15, 0.2) is 24.3 Å². The smallest absolute Gasteiger partial charge is 0.214 e. The first kappa shape index (κ1) is 15.6. The fourth-order valence-corrected chi connectivity index (χ4v) is 2.19. The van der Waals surface area contributed by atoms with E-state index in [1.54, 1.807) is 0 Å². The van der Waals surface area contributed by atoms with Crippen molar-refractivity contribution in [3.8, 4) is 5.75 Å². The highest BCUT2D eigenvalue weighted by Crippen LogP contribution is 2.12. The van der Waals surface area contributed by atoms with Crippen LogP contribution in [0.2, 0.25) is 0 Å². The number of aromatic nitrogens is 3. The van der Waals surface area contributed by atoms with Gasteiger partial charge in [-0.05, 0) is 42.8 Å². The minimum absolute atomic E-state index is 0.598. The number of nitrogens with one attached hydrogen (secondary N) is 2. The SMILES string of the molecule is CCCOc1ccc(CNn2c(CCC)n[nH]c2=S)cc1. The Labute approximate surface area is 130 Å². The Morgan fingerprint density at radius 1 is 1.24 bits per heavy atom. The van der Waals surface area contributed by atoms with Crippen molar-refractivity contribution in [1.29, 1.82) is 0 Å². The van der Waals surface area contributed by atoms with Crippen LogP contribution in [0.5, 0.6) is 5.75 Å². The van der Waals surface area contributed by atoms with Gasteiger partial charge in [0, 0.05) is 6.42 Å². The van der Waals surface area contributed by atoms with Crippen molar-refractivity contribution in [3.05, 3.63) is 40.4 Å². The lowest BCUT2D eigenvalue weighted by Crippen LogP contribution is -2.17. The van der Waals surface area contributed by atoms with Crippen LogP contribution in [-0.4, -0.2) is 21.5 Å². The highest BCUT2D eigenvalue weighted by molar-refractivity contribution is 7.71. The average Bonchev–Trinajstić information content (AvgIpc) is 2.85. The van der Waals surface area contributed by atoms with Crippen LogP contribution >= 0.6 is 12.2 Å². The predicted octanol–water partition coefficient (Wildman–Crippen LogP) is 3.43. The molecule has 0 radical (unpaired) electrons. The first-order valence-corrected chi connectivity index (χ1v) is 7.77. The van der Waals surface area contributed by atoms with E-state index >= 15 is 0 Å². The lowest BCUT2D eigenvalue weighted by atomic mass is 10.2. The molecule has 0 fully saturated rings. The fraction of sp³-hybridized carbons (Fsp3) is 0.467. The summed E-state index contributed by atoms with van der Waals surface area (Å²) in [6.45, 7) is 5.67. The lowest BCUT2D eigenvalue weighted by Gasteiger charge is -2.10. The van der Waals surface area contributed by atoms with Gasteiger partial charge in [-0.15, -0.1) is 0 Å². The molecule has 0 unspecified atom stereocenters. The zero-order chi connectivity index (χ0) is 15.1. The zero-order valence-corrected chi connectivity index (χ0v) is 13.4. The van der Waals surface area contributed by atoms with E-state index < -0.39 is 0 Å². The molecule has 0 aliphatic rings. The number of aromatic amines is 1. The Morgan fingerprint density at radius 2 is 2.00 bits per heavy atom. The molecule has 2 rings (SSSR count). The van der Waals surface area contributed by atoms with Gasteiger partial charge < -0.3 is 10.2 Å². The van der Waals surface area contributed by atoms with Crippen LogP contribution in [0.25, 0.3) is 0 Å². The topological polar surface area (TPSA) is 54.9 Å². The summed E-state index contributed by atoms with van der Waals surface area (Å²) in [6, 6.07) is 8.10. The molecule has 0 aliphatic carbocycles. The number of H-pyrrole nitrogens is 1. The fourth-order valence-electron chi connectivity index (χ4n) is 1.98. The number of aryl methyl sites for hydroxylation is 1. The van der Waals surface area contributed by atoms with Crippen molar-refractivity contribution in [1.82, 2.24) is 14.9 Å². The molecule has 0 aliphatic heterocycles. The van der Waals surface area contributed by atoms with E-state index in [9.17, 15) is 0 Å². The van der Waals surface area contributed by atoms with Gasteiger partial charge >= 0.3 is 0 Å². The van der Waals surface area contributed by atoms with Gasteiger partial charge in [0.25, 0.3) is 0 Å². The van der Waals surface area contributed by atoms with E-state index in [2.05, 4.69) is 41.6 Å². The van der Waals surface area contributed by atoms with Gasteiger partial charge in [-0.1, -0.05) is 26.0 Å². The monoisotopic (exact) mass is 306 g/mol. The van der Waals surface area contributed by atoms with Gasteiger partial charge in [-0.3, -0.25) is 5.10 Å². The van der Waals surface area contributed by atoms with E-state index in [1.165, 1.54) is 5.56 Å². The van der Waals surface area contributed by atoms with Crippen LogP contribution in [0, 0.1) is 4.77 Å². The van der Waals surface area contributed by atoms with Gasteiger partial charge in [-0.25, -0.2) is 4.68 Å². The number of benzene rings is 1. The Balaban J connectivity index is 1.96. The minimum Gasteiger partial charge on any atom is -0.494 e. The molecule has 1 aromatic heterocycles. The number of ether oxygens (including phenoxy) is 1. The molecule has 1 heterocycles. The Bertz CT molecular complexity index is 603. The molecule has 0 saturated heterocycles. The third-order valence-corrected chi connectivity index (χ3v) is 3.33. The molecule has 1 aromatic carbocycles. The van der Waals surface area contributed by atoms with E-state index in [0.29, 0.717) is 11.3 Å². The summed E-state index contributed by atoms with van der Waals surface area (Å²) in [5, 5.41) is 7.05. The maximum Gasteiger partial charge on any atom is 0.214 e. The normalized spacial score (nSPS) is 10.6. The highest BCUT2D eigenvalue weighted by atomic mass is 32.1. The summed E-state index contributed by atoms with van der Waals surface area (Å²) in [5.74, 6) is 1.84. The summed E-state index contributed by atoms with van der Waals surface area (Å²) < 4.78 is 8.02. The highest BCUT2D eigenvalue weighted by Gasteiger charge is 2.04. The molecule has 21 heavy (non-hydrogen) atoms. The van der Waals surface area contributed by atoms with Gasteiger partial charge in [0.2, 0.25) is 4.77 Å². The third-order valence-electron chi connectivity index (χ3n) is 3.05. The maximum absolute atomic E-state index is 5.57. The van der Waals surface area contributed by atoms with Crippen molar-refractivity contribution in [2.45, 2.75) is 39.7 Å². The lowest BCUT2D eigenvalue weighted by molar-refractivity contribution is 0.317. The minimum atomic E-state index is 0.598. The molecule has 2 N–H and O–H groups in total. The van der Waals surface area contributed by atoms with Gasteiger partial charge in [0.1, 0.15) is 5.75 Å². The second-order valence-electron chi connectivity index (χ2n) is 4.86. The Kier molecular flexibility index (Phi) is 5.80. The Morgan fingerprint density at radius 3 is 2.67 bits per heavy atom. The molecular formula is C15H22N4OS. The molecule has 6 heteroatoms. The van der Waals surface area contributed by atoms with Crippen molar-refractivity contribution in [2.75, 3.05) is 12.0 Å². The Hall–Kier alpha value is -1.82. The molecule has 5 nitrogen and oxygen atoms in total. The summed E-state index contributed by atoms with van der Waals surface area (Å²) in [6.07, 6.45) is 2.94. The molecule has 0 saturated carbocycles. The summed E-state index contributed by atoms with van der Waals surface area (Å²) in [7, 11) is 0.